The van der Waals surface area contributed by atoms with E-state index in [0.29, 0.717) is 10.9 Å². The van der Waals surface area contributed by atoms with Crippen LogP contribution in [0, 0.1) is 17.5 Å². The Hall–Kier alpha value is -2.34. The van der Waals surface area contributed by atoms with E-state index in [1.165, 1.54) is 18.2 Å². The zero-order valence-electron chi connectivity index (χ0n) is 10.2. The Kier molecular flexibility index (Phi) is 3.17. The van der Waals surface area contributed by atoms with Crippen molar-refractivity contribution in [3.05, 3.63) is 52.9 Å². The second-order valence-corrected chi connectivity index (χ2v) is 4.62. The number of benzene rings is 2. The highest BCUT2D eigenvalue weighted by molar-refractivity contribution is 6.34. The highest BCUT2D eigenvalue weighted by Gasteiger charge is 2.18. The van der Waals surface area contributed by atoms with E-state index in [0.717, 1.165) is 12.1 Å². The molecule has 0 bridgehead atoms. The summed E-state index contributed by atoms with van der Waals surface area (Å²) < 4.78 is 40.0. The summed E-state index contributed by atoms with van der Waals surface area (Å²) in [7, 11) is 0. The number of aromatic hydroxyl groups is 1. The largest absolute Gasteiger partial charge is 0.508 e. The van der Waals surface area contributed by atoms with Crippen LogP contribution in [0.1, 0.15) is 0 Å². The van der Waals surface area contributed by atoms with Gasteiger partial charge >= 0.3 is 0 Å². The summed E-state index contributed by atoms with van der Waals surface area (Å²) in [6, 6.07) is 6.00. The molecule has 1 aromatic heterocycles. The van der Waals surface area contributed by atoms with Crippen molar-refractivity contribution in [3.63, 3.8) is 0 Å². The van der Waals surface area contributed by atoms with Gasteiger partial charge in [-0.05, 0) is 30.3 Å². The molecule has 0 aliphatic heterocycles. The molecule has 0 saturated heterocycles. The molecule has 0 fully saturated rings. The molecule has 1 N–H and O–H groups in total. The Morgan fingerprint density at radius 2 is 1.71 bits per heavy atom. The minimum absolute atomic E-state index is 0.0280. The van der Waals surface area contributed by atoms with Crippen molar-refractivity contribution in [1.29, 1.82) is 0 Å². The van der Waals surface area contributed by atoms with Gasteiger partial charge in [-0.25, -0.2) is 23.1 Å². The van der Waals surface area contributed by atoms with Gasteiger partial charge in [0.25, 0.3) is 0 Å². The SMILES string of the molecule is Oc1ccc2nc(-c3ccc(F)c(F)c3F)nc(Cl)c2c1. The molecule has 0 spiro atoms. The Morgan fingerprint density at radius 1 is 0.952 bits per heavy atom. The summed E-state index contributed by atoms with van der Waals surface area (Å²) in [5, 5.41) is 9.72. The maximum Gasteiger partial charge on any atom is 0.195 e. The van der Waals surface area contributed by atoms with Crippen LogP contribution in [0.25, 0.3) is 22.3 Å². The van der Waals surface area contributed by atoms with Gasteiger partial charge in [-0.3, -0.25) is 0 Å². The van der Waals surface area contributed by atoms with Crippen molar-refractivity contribution in [2.75, 3.05) is 0 Å². The van der Waals surface area contributed by atoms with E-state index in [9.17, 15) is 18.3 Å². The number of hydrogen-bond acceptors (Lipinski definition) is 3. The van der Waals surface area contributed by atoms with Crippen molar-refractivity contribution < 1.29 is 18.3 Å². The minimum atomic E-state index is -1.60. The number of fused-ring (bicyclic) bond motifs is 1. The van der Waals surface area contributed by atoms with Gasteiger partial charge in [0, 0.05) is 5.39 Å². The van der Waals surface area contributed by atoms with Crippen LogP contribution in [0.3, 0.4) is 0 Å². The summed E-state index contributed by atoms with van der Waals surface area (Å²) in [5.41, 5.74) is 0.0395. The molecule has 3 aromatic rings. The molecular weight excluding hydrogens is 305 g/mol. The van der Waals surface area contributed by atoms with Gasteiger partial charge < -0.3 is 5.11 Å². The fourth-order valence-electron chi connectivity index (χ4n) is 1.90. The fourth-order valence-corrected chi connectivity index (χ4v) is 2.13. The van der Waals surface area contributed by atoms with Crippen molar-refractivity contribution in [2.24, 2.45) is 0 Å². The zero-order chi connectivity index (χ0) is 15.1. The lowest BCUT2D eigenvalue weighted by Crippen LogP contribution is -1.98. The lowest BCUT2D eigenvalue weighted by Gasteiger charge is -2.06. The standard InChI is InChI=1S/C14H6ClF3N2O/c15-13-8-5-6(21)1-4-10(8)19-14(20-13)7-2-3-9(16)12(18)11(7)17/h1-5,21H. The third-order valence-corrected chi connectivity index (χ3v) is 3.20. The van der Waals surface area contributed by atoms with Gasteiger partial charge in [0.15, 0.2) is 23.3 Å². The predicted molar refractivity (Wildman–Crippen MR) is 71.5 cm³/mol. The van der Waals surface area contributed by atoms with Crippen LogP contribution in [0.15, 0.2) is 30.3 Å². The number of phenolic OH excluding ortho intramolecular Hbond substituents is 1. The van der Waals surface area contributed by atoms with Crippen molar-refractivity contribution in [2.45, 2.75) is 0 Å². The highest BCUT2D eigenvalue weighted by Crippen LogP contribution is 2.29. The molecule has 106 valence electrons. The molecule has 1 heterocycles. The number of aromatic nitrogens is 2. The molecule has 3 rings (SSSR count). The maximum atomic E-state index is 13.8. The van der Waals surface area contributed by atoms with Gasteiger partial charge in [0.1, 0.15) is 10.9 Å². The summed E-state index contributed by atoms with van der Waals surface area (Å²) in [4.78, 5) is 7.90. The fraction of sp³-hybridized carbons (Fsp3) is 0. The molecule has 0 amide bonds. The Labute approximate surface area is 121 Å². The number of hydrogen-bond donors (Lipinski definition) is 1. The molecule has 0 atom stereocenters. The van der Waals surface area contributed by atoms with E-state index >= 15 is 0 Å². The van der Waals surface area contributed by atoms with E-state index in [2.05, 4.69) is 9.97 Å². The van der Waals surface area contributed by atoms with Crippen LogP contribution in [0.2, 0.25) is 5.15 Å². The minimum Gasteiger partial charge on any atom is -0.508 e. The number of nitrogens with zero attached hydrogens (tertiary/aromatic N) is 2. The van der Waals surface area contributed by atoms with Crippen LogP contribution in [0.4, 0.5) is 13.2 Å². The molecule has 3 nitrogen and oxygen atoms in total. The monoisotopic (exact) mass is 310 g/mol. The maximum absolute atomic E-state index is 13.8. The van der Waals surface area contributed by atoms with Crippen LogP contribution in [0.5, 0.6) is 5.75 Å². The average molecular weight is 311 g/mol. The van der Waals surface area contributed by atoms with E-state index in [1.54, 1.807) is 0 Å². The molecule has 0 aliphatic rings. The van der Waals surface area contributed by atoms with E-state index in [-0.39, 0.29) is 22.3 Å². The molecule has 0 radical (unpaired) electrons. The molecule has 0 unspecified atom stereocenters. The summed E-state index contributed by atoms with van der Waals surface area (Å²) in [6.45, 7) is 0. The second kappa shape index (κ2) is 4.89. The third-order valence-electron chi connectivity index (χ3n) is 2.91. The van der Waals surface area contributed by atoms with E-state index < -0.39 is 17.5 Å². The van der Waals surface area contributed by atoms with E-state index in [1.807, 2.05) is 0 Å². The molecule has 7 heteroatoms. The first-order chi connectivity index (χ1) is 9.97. The Balaban J connectivity index is 2.27. The third kappa shape index (κ3) is 2.27. The van der Waals surface area contributed by atoms with Gasteiger partial charge in [0.05, 0.1) is 11.1 Å². The summed E-state index contributed by atoms with van der Waals surface area (Å²) in [5.74, 6) is -4.48. The quantitative estimate of drug-likeness (QED) is 0.544. The average Bonchev–Trinajstić information content (AvgIpc) is 2.45. The first-order valence-electron chi connectivity index (χ1n) is 5.77. The van der Waals surface area contributed by atoms with Gasteiger partial charge in [0.2, 0.25) is 0 Å². The van der Waals surface area contributed by atoms with Crippen LogP contribution >= 0.6 is 11.6 Å². The summed E-state index contributed by atoms with van der Waals surface area (Å²) in [6.07, 6.45) is 0. The Bertz CT molecular complexity index is 870. The van der Waals surface area contributed by atoms with E-state index in [4.69, 9.17) is 11.6 Å². The van der Waals surface area contributed by atoms with Crippen molar-refractivity contribution in [1.82, 2.24) is 9.97 Å². The van der Waals surface area contributed by atoms with Gasteiger partial charge in [-0.2, -0.15) is 0 Å². The smallest absolute Gasteiger partial charge is 0.195 e. The normalized spacial score (nSPS) is 11.0. The molecule has 2 aromatic carbocycles. The first-order valence-corrected chi connectivity index (χ1v) is 6.15. The molecule has 0 aliphatic carbocycles. The lowest BCUT2D eigenvalue weighted by atomic mass is 10.1. The molecular formula is C14H6ClF3N2O. The first kappa shape index (κ1) is 13.6. The summed E-state index contributed by atoms with van der Waals surface area (Å²) >= 11 is 5.95. The molecule has 0 saturated carbocycles. The number of halogens is 4. The predicted octanol–water partition coefficient (Wildman–Crippen LogP) is 4.07. The Morgan fingerprint density at radius 3 is 2.48 bits per heavy atom. The number of phenols is 1. The zero-order valence-corrected chi connectivity index (χ0v) is 11.0. The second-order valence-electron chi connectivity index (χ2n) is 4.26. The van der Waals surface area contributed by atoms with Crippen LogP contribution in [-0.4, -0.2) is 15.1 Å². The lowest BCUT2D eigenvalue weighted by molar-refractivity contribution is 0.448. The van der Waals surface area contributed by atoms with Crippen molar-refractivity contribution >= 4 is 22.5 Å². The topological polar surface area (TPSA) is 46.0 Å². The number of rotatable bonds is 1. The highest BCUT2D eigenvalue weighted by atomic mass is 35.5. The van der Waals surface area contributed by atoms with Crippen molar-refractivity contribution in [3.8, 4) is 17.1 Å². The molecule has 21 heavy (non-hydrogen) atoms. The van der Waals surface area contributed by atoms with Crippen LogP contribution < -0.4 is 0 Å². The van der Waals surface area contributed by atoms with Gasteiger partial charge in [-0.15, -0.1) is 0 Å². The van der Waals surface area contributed by atoms with Crippen LogP contribution in [-0.2, 0) is 0 Å². The van der Waals surface area contributed by atoms with Gasteiger partial charge in [-0.1, -0.05) is 11.6 Å².